The Balaban J connectivity index is 3.40. The molecule has 0 atom stereocenters. The van der Waals surface area contributed by atoms with Crippen LogP contribution in [-0.2, 0) is 0 Å². The molecule has 0 spiro atoms. The third kappa shape index (κ3) is 2.92. The molecule has 0 amide bonds. The summed E-state index contributed by atoms with van der Waals surface area (Å²) in [5, 5.41) is 0. The summed E-state index contributed by atoms with van der Waals surface area (Å²) in [4.78, 5) is 1.27. The standard InChI is InChI=1S/C6H2I4S2/c7-2-1-3(8)6(12-11)5(10)4(2)9/h1,11H. The van der Waals surface area contributed by atoms with Gasteiger partial charge in [0, 0.05) is 19.2 Å². The predicted molar refractivity (Wildman–Crippen MR) is 92.2 cm³/mol. The SMILES string of the molecule is SSc1c(I)cc(I)c(I)c1I. The minimum atomic E-state index is 1.27. The van der Waals surface area contributed by atoms with Crippen molar-refractivity contribution in [1.29, 1.82) is 0 Å². The summed E-state index contributed by atoms with van der Waals surface area (Å²) in [5.74, 6) is 0. The van der Waals surface area contributed by atoms with Crippen LogP contribution in [0.2, 0.25) is 0 Å². The number of hydrogen-bond donors (Lipinski definition) is 1. The van der Waals surface area contributed by atoms with Crippen LogP contribution in [0.3, 0.4) is 0 Å². The van der Waals surface area contributed by atoms with Crippen LogP contribution in [0, 0.1) is 14.3 Å². The van der Waals surface area contributed by atoms with Crippen molar-refractivity contribution in [3.8, 4) is 0 Å². The molecule has 6 heteroatoms. The molecule has 0 N–H and O–H groups in total. The first-order valence-corrected chi connectivity index (χ1v) is 8.90. The summed E-state index contributed by atoms with van der Waals surface area (Å²) in [6.45, 7) is 0. The van der Waals surface area contributed by atoms with E-state index >= 15 is 0 Å². The van der Waals surface area contributed by atoms with Gasteiger partial charge < -0.3 is 0 Å². The zero-order valence-corrected chi connectivity index (χ0v) is 15.8. The van der Waals surface area contributed by atoms with E-state index in [1.165, 1.54) is 30.0 Å². The van der Waals surface area contributed by atoms with Crippen LogP contribution in [0.1, 0.15) is 0 Å². The molecule has 66 valence electrons. The van der Waals surface area contributed by atoms with Gasteiger partial charge in [0.2, 0.25) is 0 Å². The average Bonchev–Trinajstić information content (AvgIpc) is 2.01. The van der Waals surface area contributed by atoms with Crippen LogP contribution in [0.15, 0.2) is 11.0 Å². The van der Waals surface area contributed by atoms with Gasteiger partial charge in [0.05, 0.1) is 0 Å². The van der Waals surface area contributed by atoms with Crippen LogP contribution >= 0.6 is 113 Å². The van der Waals surface area contributed by atoms with E-state index in [-0.39, 0.29) is 0 Å². The largest absolute Gasteiger partial charge is 0.106 e. The zero-order chi connectivity index (χ0) is 9.30. The van der Waals surface area contributed by atoms with Crippen molar-refractivity contribution in [2.45, 2.75) is 4.90 Å². The molecule has 0 fully saturated rings. The van der Waals surface area contributed by atoms with E-state index in [0.29, 0.717) is 0 Å². The van der Waals surface area contributed by atoms with E-state index in [9.17, 15) is 0 Å². The lowest BCUT2D eigenvalue weighted by molar-refractivity contribution is 1.31. The number of halogens is 4. The summed E-state index contributed by atoms with van der Waals surface area (Å²) in [6, 6.07) is 2.18. The fraction of sp³-hybridized carbons (Fsp3) is 0. The van der Waals surface area contributed by atoms with E-state index in [1.54, 1.807) is 0 Å². The van der Waals surface area contributed by atoms with Gasteiger partial charge in [-0.05, 0) is 96.4 Å². The molecular formula is C6H2I4S2. The molecule has 1 aromatic rings. The maximum atomic E-state index is 4.23. The quantitative estimate of drug-likeness (QED) is 0.147. The molecule has 0 aliphatic carbocycles. The van der Waals surface area contributed by atoms with Crippen molar-refractivity contribution in [2.75, 3.05) is 0 Å². The first-order valence-electron chi connectivity index (χ1n) is 2.72. The monoisotopic (exact) mass is 646 g/mol. The molecule has 0 saturated carbocycles. The predicted octanol–water partition coefficient (Wildman–Crippen LogP) is 5.04. The van der Waals surface area contributed by atoms with Gasteiger partial charge in [-0.1, -0.05) is 10.8 Å². The number of rotatable bonds is 1. The molecule has 1 aromatic carbocycles. The van der Waals surface area contributed by atoms with Crippen molar-refractivity contribution in [2.24, 2.45) is 0 Å². The lowest BCUT2D eigenvalue weighted by atomic mass is 10.4. The van der Waals surface area contributed by atoms with Gasteiger partial charge in [-0.2, -0.15) is 0 Å². The molecule has 0 heterocycles. The average molecular weight is 646 g/mol. The van der Waals surface area contributed by atoms with Crippen LogP contribution in [0.25, 0.3) is 0 Å². The van der Waals surface area contributed by atoms with Crippen LogP contribution in [-0.4, -0.2) is 0 Å². The highest BCUT2D eigenvalue weighted by Gasteiger charge is 2.10. The van der Waals surface area contributed by atoms with E-state index in [1.807, 2.05) is 0 Å². The molecule has 0 aromatic heterocycles. The van der Waals surface area contributed by atoms with Crippen molar-refractivity contribution >= 4 is 113 Å². The molecule has 0 aliphatic rings. The molecule has 0 radical (unpaired) electrons. The maximum absolute atomic E-state index is 4.23. The van der Waals surface area contributed by atoms with Crippen molar-refractivity contribution in [3.05, 3.63) is 20.3 Å². The summed E-state index contributed by atoms with van der Waals surface area (Å²) < 4.78 is 5.23. The Labute approximate surface area is 135 Å². The van der Waals surface area contributed by atoms with Crippen molar-refractivity contribution in [3.63, 3.8) is 0 Å². The Hall–Kier alpha value is 2.84. The number of thiol groups is 1. The van der Waals surface area contributed by atoms with Gasteiger partial charge >= 0.3 is 0 Å². The molecule has 0 bridgehead atoms. The summed E-state index contributed by atoms with van der Waals surface area (Å²) >= 11 is 13.7. The maximum Gasteiger partial charge on any atom is 0.0458 e. The normalized spacial score (nSPS) is 10.4. The van der Waals surface area contributed by atoms with Gasteiger partial charge in [0.25, 0.3) is 0 Å². The third-order valence-corrected chi connectivity index (χ3v) is 9.01. The highest BCUT2D eigenvalue weighted by Crippen LogP contribution is 2.36. The van der Waals surface area contributed by atoms with Crippen molar-refractivity contribution < 1.29 is 0 Å². The topological polar surface area (TPSA) is 0 Å². The van der Waals surface area contributed by atoms with Gasteiger partial charge in [-0.15, -0.1) is 11.7 Å². The smallest absolute Gasteiger partial charge is 0.0458 e. The Morgan fingerprint density at radius 1 is 1.00 bits per heavy atom. The molecule has 0 nitrogen and oxygen atoms in total. The second-order valence-corrected chi connectivity index (χ2v) is 7.51. The van der Waals surface area contributed by atoms with E-state index in [0.717, 1.165) is 0 Å². The summed E-state index contributed by atoms with van der Waals surface area (Å²) in [5.41, 5.74) is 0. The van der Waals surface area contributed by atoms with Crippen LogP contribution in [0.4, 0.5) is 0 Å². The van der Waals surface area contributed by atoms with Crippen LogP contribution < -0.4 is 0 Å². The highest BCUT2D eigenvalue weighted by molar-refractivity contribution is 14.1. The first kappa shape index (κ1) is 12.9. The molecule has 12 heavy (non-hydrogen) atoms. The van der Waals surface area contributed by atoms with E-state index in [4.69, 9.17) is 0 Å². The second kappa shape index (κ2) is 5.80. The lowest BCUT2D eigenvalue weighted by Gasteiger charge is -2.07. The zero-order valence-electron chi connectivity index (χ0n) is 5.44. The second-order valence-electron chi connectivity index (χ2n) is 1.89. The Morgan fingerprint density at radius 3 is 2.08 bits per heavy atom. The number of benzene rings is 1. The fourth-order valence-corrected chi connectivity index (χ4v) is 7.22. The Kier molecular flexibility index (Phi) is 6.24. The minimum Gasteiger partial charge on any atom is -0.106 e. The lowest BCUT2D eigenvalue weighted by Crippen LogP contribution is -1.91. The van der Waals surface area contributed by atoms with E-state index < -0.39 is 0 Å². The summed E-state index contributed by atoms with van der Waals surface area (Å²) in [7, 11) is 1.52. The molecule has 1 rings (SSSR count). The molecule has 0 unspecified atom stereocenters. The number of hydrogen-bond acceptors (Lipinski definition) is 2. The Bertz CT molecular complexity index is 313. The third-order valence-electron chi connectivity index (χ3n) is 1.16. The van der Waals surface area contributed by atoms with Crippen molar-refractivity contribution in [1.82, 2.24) is 0 Å². The fourth-order valence-electron chi connectivity index (χ4n) is 0.633. The van der Waals surface area contributed by atoms with E-state index in [2.05, 4.69) is 108 Å². The van der Waals surface area contributed by atoms with Gasteiger partial charge in [-0.3, -0.25) is 0 Å². The molecule has 0 saturated heterocycles. The van der Waals surface area contributed by atoms with Gasteiger partial charge in [0.15, 0.2) is 0 Å². The first-order chi connectivity index (χ1) is 5.57. The van der Waals surface area contributed by atoms with Gasteiger partial charge in [-0.25, -0.2) is 0 Å². The van der Waals surface area contributed by atoms with Crippen LogP contribution in [0.5, 0.6) is 0 Å². The highest BCUT2D eigenvalue weighted by atomic mass is 127. The van der Waals surface area contributed by atoms with Gasteiger partial charge in [0.1, 0.15) is 0 Å². The Morgan fingerprint density at radius 2 is 1.58 bits per heavy atom. The molecule has 0 aliphatic heterocycles. The minimum absolute atomic E-state index is 1.27. The summed E-state index contributed by atoms with van der Waals surface area (Å²) in [6.07, 6.45) is 0. The molecular weight excluding hydrogens is 644 g/mol.